The Balaban J connectivity index is 1.63. The van der Waals surface area contributed by atoms with Crippen LogP contribution in [0.5, 0.6) is 0 Å². The number of primary amides is 1. The molecule has 4 aliphatic rings. The quantitative estimate of drug-likeness (QED) is 0.715. The number of carboxylic acids is 1. The zero-order chi connectivity index (χ0) is 17.7. The Morgan fingerprint density at radius 1 is 1.12 bits per heavy atom. The summed E-state index contributed by atoms with van der Waals surface area (Å²) in [6.07, 6.45) is 8.23. The third-order valence-corrected chi connectivity index (χ3v) is 6.95. The van der Waals surface area contributed by atoms with E-state index in [2.05, 4.69) is 5.32 Å². The first-order valence-electron chi connectivity index (χ1n) is 8.63. The highest BCUT2D eigenvalue weighted by Crippen LogP contribution is 2.46. The number of nitrogens with one attached hydrogen (secondary N) is 1. The van der Waals surface area contributed by atoms with Crippen molar-refractivity contribution in [2.24, 2.45) is 29.4 Å². The molecule has 4 N–H and O–H groups in total. The molecule has 0 aromatic carbocycles. The van der Waals surface area contributed by atoms with Gasteiger partial charge in [0.1, 0.15) is 5.00 Å². The molecule has 1 fully saturated rings. The van der Waals surface area contributed by atoms with Gasteiger partial charge in [-0.1, -0.05) is 12.2 Å². The van der Waals surface area contributed by atoms with Crippen LogP contribution in [-0.4, -0.2) is 22.9 Å². The molecule has 1 saturated carbocycles. The van der Waals surface area contributed by atoms with Crippen LogP contribution in [0.3, 0.4) is 0 Å². The number of allylic oxidation sites excluding steroid dienone is 2. The molecule has 0 saturated heterocycles. The van der Waals surface area contributed by atoms with E-state index in [9.17, 15) is 19.5 Å². The van der Waals surface area contributed by atoms with Gasteiger partial charge in [-0.05, 0) is 49.5 Å². The van der Waals surface area contributed by atoms with E-state index in [1.54, 1.807) is 0 Å². The minimum atomic E-state index is -0.928. The van der Waals surface area contributed by atoms with E-state index in [0.717, 1.165) is 42.5 Å². The molecule has 7 heteroatoms. The van der Waals surface area contributed by atoms with E-state index >= 15 is 0 Å². The summed E-state index contributed by atoms with van der Waals surface area (Å²) in [5.41, 5.74) is 6.90. The maximum absolute atomic E-state index is 12.9. The zero-order valence-electron chi connectivity index (χ0n) is 13.7. The summed E-state index contributed by atoms with van der Waals surface area (Å²) in [7, 11) is 0. The van der Waals surface area contributed by atoms with Crippen molar-refractivity contribution in [3.05, 3.63) is 28.2 Å². The molecule has 5 rings (SSSR count). The molecule has 25 heavy (non-hydrogen) atoms. The van der Waals surface area contributed by atoms with Crippen LogP contribution in [0.2, 0.25) is 0 Å². The highest BCUT2D eigenvalue weighted by atomic mass is 32.1. The third kappa shape index (κ3) is 2.57. The molecule has 1 heterocycles. The number of aryl methyl sites for hydroxylation is 1. The Hall–Kier alpha value is -2.15. The van der Waals surface area contributed by atoms with Crippen molar-refractivity contribution in [2.75, 3.05) is 5.32 Å². The third-order valence-electron chi connectivity index (χ3n) is 5.74. The number of aliphatic carboxylic acids is 1. The molecule has 4 atom stereocenters. The molecule has 0 radical (unpaired) electrons. The number of thiophene rings is 1. The van der Waals surface area contributed by atoms with Crippen molar-refractivity contribution in [2.45, 2.75) is 32.1 Å². The molecule has 132 valence electrons. The predicted octanol–water partition coefficient (Wildman–Crippen LogP) is 2.19. The van der Waals surface area contributed by atoms with Gasteiger partial charge in [0.05, 0.1) is 17.4 Å². The van der Waals surface area contributed by atoms with Crippen LogP contribution in [0.4, 0.5) is 5.00 Å². The van der Waals surface area contributed by atoms with Crippen LogP contribution in [0.15, 0.2) is 12.2 Å². The Morgan fingerprint density at radius 2 is 1.80 bits per heavy atom. The average molecular weight is 360 g/mol. The Kier molecular flexibility index (Phi) is 3.91. The Morgan fingerprint density at radius 3 is 2.40 bits per heavy atom. The van der Waals surface area contributed by atoms with E-state index in [1.165, 1.54) is 11.3 Å². The minimum Gasteiger partial charge on any atom is -0.481 e. The molecule has 2 bridgehead atoms. The average Bonchev–Trinajstić information content (AvgIpc) is 3.14. The van der Waals surface area contributed by atoms with Crippen LogP contribution in [-0.2, 0) is 22.4 Å². The number of fused-ring (bicyclic) bond motifs is 3. The number of carbonyl (C=O) groups excluding carboxylic acids is 2. The van der Waals surface area contributed by atoms with Gasteiger partial charge in [0.15, 0.2) is 0 Å². The molecule has 0 aliphatic heterocycles. The van der Waals surface area contributed by atoms with Gasteiger partial charge in [0.25, 0.3) is 5.91 Å². The van der Waals surface area contributed by atoms with Gasteiger partial charge < -0.3 is 16.2 Å². The van der Waals surface area contributed by atoms with Gasteiger partial charge >= 0.3 is 5.97 Å². The number of carboxylic acid groups (broad SMARTS) is 1. The van der Waals surface area contributed by atoms with E-state index in [4.69, 9.17) is 5.73 Å². The highest BCUT2D eigenvalue weighted by molar-refractivity contribution is 7.17. The summed E-state index contributed by atoms with van der Waals surface area (Å²) >= 11 is 1.40. The summed E-state index contributed by atoms with van der Waals surface area (Å²) in [5.74, 6) is -3.23. The van der Waals surface area contributed by atoms with Gasteiger partial charge in [-0.2, -0.15) is 0 Å². The second kappa shape index (κ2) is 5.98. The number of anilines is 1. The highest BCUT2D eigenvalue weighted by Gasteiger charge is 2.48. The second-order valence-corrected chi connectivity index (χ2v) is 8.20. The number of rotatable bonds is 4. The molecule has 1 aromatic rings. The lowest BCUT2D eigenvalue weighted by Crippen LogP contribution is -2.47. The number of nitrogens with two attached hydrogens (primary N) is 1. The fraction of sp³-hybridized carbons (Fsp3) is 0.500. The smallest absolute Gasteiger partial charge is 0.307 e. The van der Waals surface area contributed by atoms with Crippen LogP contribution in [0.25, 0.3) is 0 Å². The van der Waals surface area contributed by atoms with Crippen molar-refractivity contribution >= 4 is 34.1 Å². The maximum atomic E-state index is 12.9. The van der Waals surface area contributed by atoms with E-state index < -0.39 is 23.7 Å². The predicted molar refractivity (Wildman–Crippen MR) is 93.5 cm³/mol. The van der Waals surface area contributed by atoms with E-state index in [-0.39, 0.29) is 17.7 Å². The number of amides is 2. The molecule has 6 nitrogen and oxygen atoms in total. The SMILES string of the molecule is NC(=O)c1c(NC(=O)[C@H]2[C@@H](C(=O)O)[C@H]3C=C[C@@H]2CC3)sc2c1CCC2. The minimum absolute atomic E-state index is 0.0602. The lowest BCUT2D eigenvalue weighted by molar-refractivity contribution is -0.151. The van der Waals surface area contributed by atoms with E-state index in [1.807, 2.05) is 12.2 Å². The maximum Gasteiger partial charge on any atom is 0.307 e. The molecule has 0 spiro atoms. The lowest BCUT2D eigenvalue weighted by atomic mass is 9.62. The van der Waals surface area contributed by atoms with Gasteiger partial charge in [-0.25, -0.2) is 0 Å². The fourth-order valence-corrected chi connectivity index (χ4v) is 5.93. The van der Waals surface area contributed by atoms with Crippen molar-refractivity contribution in [3.8, 4) is 0 Å². The summed E-state index contributed by atoms with van der Waals surface area (Å²) in [6.45, 7) is 0. The molecule has 4 aliphatic carbocycles. The summed E-state index contributed by atoms with van der Waals surface area (Å²) < 4.78 is 0. The normalized spacial score (nSPS) is 29.4. The zero-order valence-corrected chi connectivity index (χ0v) is 14.5. The molecule has 2 amide bonds. The molecule has 0 unspecified atom stereocenters. The monoisotopic (exact) mass is 360 g/mol. The van der Waals surface area contributed by atoms with Crippen LogP contribution in [0, 0.1) is 23.7 Å². The van der Waals surface area contributed by atoms with E-state index in [0.29, 0.717) is 10.6 Å². The van der Waals surface area contributed by atoms with Crippen LogP contribution < -0.4 is 11.1 Å². The van der Waals surface area contributed by atoms with Crippen molar-refractivity contribution < 1.29 is 19.5 Å². The number of carbonyl (C=O) groups is 3. The summed E-state index contributed by atoms with van der Waals surface area (Å²) in [5, 5.41) is 12.9. The van der Waals surface area contributed by atoms with Gasteiger partial charge in [0, 0.05) is 4.88 Å². The molecule has 1 aromatic heterocycles. The second-order valence-electron chi connectivity index (χ2n) is 7.09. The number of hydrogen-bond donors (Lipinski definition) is 3. The largest absolute Gasteiger partial charge is 0.481 e. The Bertz CT molecular complexity index is 797. The first-order valence-corrected chi connectivity index (χ1v) is 9.45. The first kappa shape index (κ1) is 16.3. The van der Waals surface area contributed by atoms with Gasteiger partial charge in [0.2, 0.25) is 5.91 Å². The standard InChI is InChI=1S/C18H20N2O4S/c19-15(21)14-10-2-1-3-11(10)25-17(14)20-16(22)12-8-4-6-9(7-5-8)13(12)18(23)24/h4,6,8-9,12-13H,1-3,5,7H2,(H2,19,21)(H,20,22)(H,23,24)/t8-,9+,12-,13+/m1/s1. The number of hydrogen-bond acceptors (Lipinski definition) is 4. The Labute approximate surface area is 149 Å². The summed E-state index contributed by atoms with van der Waals surface area (Å²) in [6, 6.07) is 0. The fourth-order valence-electron chi connectivity index (χ4n) is 4.64. The van der Waals surface area contributed by atoms with Crippen LogP contribution >= 0.6 is 11.3 Å². The van der Waals surface area contributed by atoms with Crippen molar-refractivity contribution in [1.29, 1.82) is 0 Å². The first-order chi connectivity index (χ1) is 12.0. The molecular weight excluding hydrogens is 340 g/mol. The van der Waals surface area contributed by atoms with Crippen LogP contribution in [0.1, 0.15) is 40.1 Å². The summed E-state index contributed by atoms with van der Waals surface area (Å²) in [4.78, 5) is 37.6. The lowest BCUT2D eigenvalue weighted by Gasteiger charge is -2.41. The van der Waals surface area contributed by atoms with Gasteiger partial charge in [-0.15, -0.1) is 11.3 Å². The van der Waals surface area contributed by atoms with Crippen molar-refractivity contribution in [3.63, 3.8) is 0 Å². The van der Waals surface area contributed by atoms with Crippen molar-refractivity contribution in [1.82, 2.24) is 0 Å². The molecular formula is C18H20N2O4S. The van der Waals surface area contributed by atoms with Gasteiger partial charge in [-0.3, -0.25) is 14.4 Å². The topological polar surface area (TPSA) is 109 Å².